The van der Waals surface area contributed by atoms with Crippen LogP contribution in [0.4, 0.5) is 4.39 Å². The summed E-state index contributed by atoms with van der Waals surface area (Å²) in [4.78, 5) is 4.47. The van der Waals surface area contributed by atoms with Gasteiger partial charge in [-0.2, -0.15) is 0 Å². The predicted octanol–water partition coefficient (Wildman–Crippen LogP) is 4.12. The summed E-state index contributed by atoms with van der Waals surface area (Å²) in [5.74, 6) is 1.46. The van der Waals surface area contributed by atoms with Crippen LogP contribution >= 0.6 is 24.0 Å². The molecule has 0 bridgehead atoms. The second-order valence-electron chi connectivity index (χ2n) is 6.72. The summed E-state index contributed by atoms with van der Waals surface area (Å²) in [5.41, 5.74) is 2.11. The van der Waals surface area contributed by atoms with Gasteiger partial charge in [-0.15, -0.1) is 24.0 Å². The van der Waals surface area contributed by atoms with Crippen molar-refractivity contribution >= 4 is 29.9 Å². The second-order valence-corrected chi connectivity index (χ2v) is 6.72. The first kappa shape index (κ1) is 26.0. The maximum Gasteiger partial charge on any atom is 0.191 e. The SMILES string of the molecule is CCNC(=NCC(O)c1ccc(OC)c(OC)c1)NC(C)c1ccc(C)c(F)c1.I. The molecule has 0 aliphatic heterocycles. The van der Waals surface area contributed by atoms with Crippen LogP contribution in [0, 0.1) is 12.7 Å². The predicted molar refractivity (Wildman–Crippen MR) is 129 cm³/mol. The topological polar surface area (TPSA) is 75.1 Å². The van der Waals surface area contributed by atoms with Gasteiger partial charge in [0.25, 0.3) is 0 Å². The number of nitrogens with one attached hydrogen (secondary N) is 2. The zero-order chi connectivity index (χ0) is 21.4. The Hall–Kier alpha value is -2.07. The molecule has 0 heterocycles. The first-order valence-corrected chi connectivity index (χ1v) is 9.60. The van der Waals surface area contributed by atoms with Crippen molar-refractivity contribution in [3.63, 3.8) is 0 Å². The minimum absolute atomic E-state index is 0. The Morgan fingerprint density at radius 2 is 1.77 bits per heavy atom. The Labute approximate surface area is 194 Å². The number of benzene rings is 2. The molecular weight excluding hydrogens is 500 g/mol. The van der Waals surface area contributed by atoms with Crippen molar-refractivity contribution in [3.05, 3.63) is 58.9 Å². The van der Waals surface area contributed by atoms with E-state index in [0.29, 0.717) is 35.1 Å². The molecule has 2 rings (SSSR count). The number of ether oxygens (including phenoxy) is 2. The van der Waals surface area contributed by atoms with Gasteiger partial charge >= 0.3 is 0 Å². The standard InChI is InChI=1S/C22H30FN3O3.HI/c1-6-24-22(26-15(3)16-8-7-14(2)18(23)11-16)25-13-19(27)17-9-10-20(28-4)21(12-17)29-5;/h7-12,15,19,27H,6,13H2,1-5H3,(H2,24,25,26);1H. The summed E-state index contributed by atoms with van der Waals surface area (Å²) in [6.45, 7) is 6.44. The highest BCUT2D eigenvalue weighted by Crippen LogP contribution is 2.30. The molecule has 2 aromatic carbocycles. The van der Waals surface area contributed by atoms with Gasteiger partial charge in [-0.1, -0.05) is 18.2 Å². The Bertz CT molecular complexity index is 848. The highest BCUT2D eigenvalue weighted by atomic mass is 127. The minimum Gasteiger partial charge on any atom is -0.493 e. The molecule has 2 aromatic rings. The molecule has 2 atom stereocenters. The van der Waals surface area contributed by atoms with Crippen molar-refractivity contribution in [1.82, 2.24) is 10.6 Å². The Balaban J connectivity index is 0.00000450. The van der Waals surface area contributed by atoms with Gasteiger partial charge < -0.3 is 25.2 Å². The quantitative estimate of drug-likeness (QED) is 0.272. The average molecular weight is 531 g/mol. The van der Waals surface area contributed by atoms with E-state index in [1.54, 1.807) is 45.4 Å². The van der Waals surface area contributed by atoms with Gasteiger partial charge in [0.05, 0.1) is 32.9 Å². The lowest BCUT2D eigenvalue weighted by Crippen LogP contribution is -2.39. The average Bonchev–Trinajstić information content (AvgIpc) is 2.73. The van der Waals surface area contributed by atoms with E-state index < -0.39 is 6.10 Å². The fraction of sp³-hybridized carbons (Fsp3) is 0.409. The maximum atomic E-state index is 13.9. The number of aliphatic hydroxyl groups is 1. The van der Waals surface area contributed by atoms with Crippen LogP contribution in [0.5, 0.6) is 11.5 Å². The highest BCUT2D eigenvalue weighted by Gasteiger charge is 2.13. The maximum absolute atomic E-state index is 13.9. The van der Waals surface area contributed by atoms with Gasteiger partial charge in [0.2, 0.25) is 0 Å². The molecule has 0 aliphatic carbocycles. The summed E-state index contributed by atoms with van der Waals surface area (Å²) in [6, 6.07) is 10.3. The first-order chi connectivity index (χ1) is 13.9. The fourth-order valence-electron chi connectivity index (χ4n) is 2.83. The molecule has 0 aliphatic rings. The molecule has 8 heteroatoms. The number of hydrogen-bond donors (Lipinski definition) is 3. The van der Waals surface area contributed by atoms with Crippen molar-refractivity contribution in [2.75, 3.05) is 27.3 Å². The Kier molecular flexibility index (Phi) is 10.9. The van der Waals surface area contributed by atoms with Crippen LogP contribution < -0.4 is 20.1 Å². The largest absolute Gasteiger partial charge is 0.493 e. The summed E-state index contributed by atoms with van der Waals surface area (Å²) in [7, 11) is 3.11. The molecular formula is C22H31FIN3O3. The molecule has 0 saturated carbocycles. The number of nitrogens with zero attached hydrogens (tertiary/aromatic N) is 1. The third kappa shape index (κ3) is 7.02. The number of aliphatic imine (C=N–C) groups is 1. The number of aliphatic hydroxyl groups excluding tert-OH is 1. The Morgan fingerprint density at radius 3 is 2.37 bits per heavy atom. The van der Waals surface area contributed by atoms with Crippen molar-refractivity contribution in [2.45, 2.75) is 32.9 Å². The molecule has 30 heavy (non-hydrogen) atoms. The molecule has 0 radical (unpaired) electrons. The Morgan fingerprint density at radius 1 is 1.10 bits per heavy atom. The normalized spacial score (nSPS) is 13.1. The number of rotatable bonds is 8. The molecule has 2 unspecified atom stereocenters. The molecule has 3 N–H and O–H groups in total. The molecule has 0 fully saturated rings. The summed E-state index contributed by atoms with van der Waals surface area (Å²) in [5, 5.41) is 16.9. The van der Waals surface area contributed by atoms with E-state index in [2.05, 4.69) is 15.6 Å². The van der Waals surface area contributed by atoms with E-state index in [1.807, 2.05) is 19.9 Å². The minimum atomic E-state index is -0.808. The van der Waals surface area contributed by atoms with E-state index in [1.165, 1.54) is 6.07 Å². The van der Waals surface area contributed by atoms with Gasteiger partial charge in [0.15, 0.2) is 17.5 Å². The lowest BCUT2D eigenvalue weighted by atomic mass is 10.1. The third-order valence-corrected chi connectivity index (χ3v) is 4.61. The van der Waals surface area contributed by atoms with Crippen LogP contribution in [0.2, 0.25) is 0 Å². The number of methoxy groups -OCH3 is 2. The number of aryl methyl sites for hydroxylation is 1. The summed E-state index contributed by atoms with van der Waals surface area (Å²) >= 11 is 0. The van der Waals surface area contributed by atoms with Gasteiger partial charge in [0, 0.05) is 6.54 Å². The third-order valence-electron chi connectivity index (χ3n) is 4.61. The van der Waals surface area contributed by atoms with Crippen molar-refractivity contribution in [3.8, 4) is 11.5 Å². The fourth-order valence-corrected chi connectivity index (χ4v) is 2.83. The van der Waals surface area contributed by atoms with Crippen LogP contribution in [-0.2, 0) is 0 Å². The number of halogens is 2. The van der Waals surface area contributed by atoms with Crippen LogP contribution in [-0.4, -0.2) is 38.4 Å². The second kappa shape index (κ2) is 12.6. The van der Waals surface area contributed by atoms with Gasteiger partial charge in [-0.3, -0.25) is 4.99 Å². The first-order valence-electron chi connectivity index (χ1n) is 9.60. The number of hydrogen-bond acceptors (Lipinski definition) is 4. The molecule has 0 spiro atoms. The zero-order valence-corrected chi connectivity index (χ0v) is 20.4. The monoisotopic (exact) mass is 531 g/mol. The van der Waals surface area contributed by atoms with E-state index in [0.717, 1.165) is 5.56 Å². The van der Waals surface area contributed by atoms with E-state index >= 15 is 0 Å². The summed E-state index contributed by atoms with van der Waals surface area (Å²) < 4.78 is 24.4. The van der Waals surface area contributed by atoms with Crippen molar-refractivity contribution in [2.24, 2.45) is 4.99 Å². The van der Waals surface area contributed by atoms with Gasteiger partial charge in [-0.05, 0) is 55.7 Å². The lowest BCUT2D eigenvalue weighted by molar-refractivity contribution is 0.186. The van der Waals surface area contributed by atoms with Crippen LogP contribution in [0.15, 0.2) is 41.4 Å². The van der Waals surface area contributed by atoms with E-state index in [4.69, 9.17) is 9.47 Å². The van der Waals surface area contributed by atoms with E-state index in [9.17, 15) is 9.50 Å². The van der Waals surface area contributed by atoms with Crippen LogP contribution in [0.3, 0.4) is 0 Å². The van der Waals surface area contributed by atoms with Crippen molar-refractivity contribution < 1.29 is 19.0 Å². The molecule has 166 valence electrons. The lowest BCUT2D eigenvalue weighted by Gasteiger charge is -2.19. The van der Waals surface area contributed by atoms with Gasteiger partial charge in [0.1, 0.15) is 5.82 Å². The molecule has 6 nitrogen and oxygen atoms in total. The van der Waals surface area contributed by atoms with Crippen LogP contribution in [0.1, 0.15) is 42.7 Å². The van der Waals surface area contributed by atoms with E-state index in [-0.39, 0.29) is 42.4 Å². The molecule has 0 saturated heterocycles. The van der Waals surface area contributed by atoms with Crippen molar-refractivity contribution in [1.29, 1.82) is 0 Å². The smallest absolute Gasteiger partial charge is 0.191 e. The molecule has 0 aromatic heterocycles. The zero-order valence-electron chi connectivity index (χ0n) is 18.0. The number of guanidine groups is 1. The van der Waals surface area contributed by atoms with Gasteiger partial charge in [-0.25, -0.2) is 4.39 Å². The molecule has 0 amide bonds. The van der Waals surface area contributed by atoms with Crippen LogP contribution in [0.25, 0.3) is 0 Å². The highest BCUT2D eigenvalue weighted by molar-refractivity contribution is 14.0. The summed E-state index contributed by atoms with van der Waals surface area (Å²) in [6.07, 6.45) is -0.808.